The van der Waals surface area contributed by atoms with Gasteiger partial charge in [0.25, 0.3) is 0 Å². The van der Waals surface area contributed by atoms with E-state index in [9.17, 15) is 14.4 Å². The first-order valence-electron chi connectivity index (χ1n) is 10.0. The number of carbonyl (C=O) groups excluding carboxylic acids is 3. The smallest absolute Gasteiger partial charge is 0.410 e. The first-order valence-corrected chi connectivity index (χ1v) is 10.0. The van der Waals surface area contributed by atoms with Crippen LogP contribution in [-0.2, 0) is 20.7 Å². The molecule has 4 rings (SSSR count). The van der Waals surface area contributed by atoms with Crippen LogP contribution in [0.25, 0.3) is 0 Å². The lowest BCUT2D eigenvalue weighted by molar-refractivity contribution is -0.133. The summed E-state index contributed by atoms with van der Waals surface area (Å²) in [5.41, 5.74) is 0.993. The molecule has 1 unspecified atom stereocenters. The average molecular weight is 401 g/mol. The summed E-state index contributed by atoms with van der Waals surface area (Å²) in [7, 11) is 0. The maximum atomic E-state index is 12.2. The van der Waals surface area contributed by atoms with Crippen LogP contribution in [0.15, 0.2) is 18.2 Å². The molecule has 3 heterocycles. The molecular formula is C21H27N3O5. The van der Waals surface area contributed by atoms with E-state index in [-0.39, 0.29) is 23.5 Å². The van der Waals surface area contributed by atoms with Gasteiger partial charge in [-0.05, 0) is 51.7 Å². The number of hydrogen-bond acceptors (Lipinski definition) is 6. The molecule has 0 saturated carbocycles. The molecule has 3 amide bonds. The van der Waals surface area contributed by atoms with Crippen LogP contribution in [0.3, 0.4) is 0 Å². The van der Waals surface area contributed by atoms with Crippen molar-refractivity contribution >= 4 is 23.6 Å². The number of aryl methyl sites for hydroxylation is 1. The third-order valence-electron chi connectivity index (χ3n) is 5.43. The third-order valence-corrected chi connectivity index (χ3v) is 5.43. The first kappa shape index (κ1) is 19.5. The summed E-state index contributed by atoms with van der Waals surface area (Å²) < 4.78 is 11.7. The standard InChI is InChI=1S/C21H27N3O5/c1-20(2,3)29-19(27)24-11-21(12-24)9-8-13-4-5-14(10-16(13)28-21)22-15-6-7-17(25)23-18(15)26/h4-5,10,15,22H,6-9,11-12H2,1-3H3,(H,23,25,26). The van der Waals surface area contributed by atoms with Gasteiger partial charge in [-0.2, -0.15) is 0 Å². The number of imide groups is 1. The molecule has 156 valence electrons. The summed E-state index contributed by atoms with van der Waals surface area (Å²) in [6, 6.07) is 5.39. The molecule has 8 nitrogen and oxygen atoms in total. The van der Waals surface area contributed by atoms with Crippen molar-refractivity contribution in [2.45, 2.75) is 63.7 Å². The summed E-state index contributed by atoms with van der Waals surface area (Å²) >= 11 is 0. The van der Waals surface area contributed by atoms with E-state index in [4.69, 9.17) is 9.47 Å². The highest BCUT2D eigenvalue weighted by Gasteiger charge is 2.50. The number of ether oxygens (including phenoxy) is 2. The molecule has 2 N–H and O–H groups in total. The molecule has 2 saturated heterocycles. The zero-order valence-electron chi connectivity index (χ0n) is 17.0. The topological polar surface area (TPSA) is 97.0 Å². The monoisotopic (exact) mass is 401 g/mol. The molecule has 0 bridgehead atoms. The SMILES string of the molecule is CC(C)(C)OC(=O)N1CC2(CCc3ccc(NC4CCC(=O)NC4=O)cc3O2)C1. The van der Waals surface area contributed by atoms with Crippen LogP contribution in [0.5, 0.6) is 5.75 Å². The summed E-state index contributed by atoms with van der Waals surface area (Å²) in [6.07, 6.45) is 2.20. The Bertz CT molecular complexity index is 854. The van der Waals surface area contributed by atoms with Crippen molar-refractivity contribution in [1.82, 2.24) is 10.2 Å². The van der Waals surface area contributed by atoms with Gasteiger partial charge in [0.15, 0.2) is 0 Å². The minimum absolute atomic E-state index is 0.233. The van der Waals surface area contributed by atoms with Crippen molar-refractivity contribution in [3.8, 4) is 5.75 Å². The number of rotatable bonds is 2. The van der Waals surface area contributed by atoms with Gasteiger partial charge in [-0.15, -0.1) is 0 Å². The van der Waals surface area contributed by atoms with Crippen LogP contribution in [0, 0.1) is 0 Å². The summed E-state index contributed by atoms with van der Waals surface area (Å²) in [6.45, 7) is 6.57. The van der Waals surface area contributed by atoms with Crippen LogP contribution in [0.4, 0.5) is 10.5 Å². The summed E-state index contributed by atoms with van der Waals surface area (Å²) in [5.74, 6) is 0.240. The average Bonchev–Trinajstić information content (AvgIpc) is 2.60. The maximum absolute atomic E-state index is 12.2. The fraction of sp³-hybridized carbons (Fsp3) is 0.571. The molecule has 0 radical (unpaired) electrons. The minimum atomic E-state index is -0.517. The van der Waals surface area contributed by atoms with E-state index in [2.05, 4.69) is 10.6 Å². The molecule has 1 atom stereocenters. The van der Waals surface area contributed by atoms with Gasteiger partial charge in [-0.3, -0.25) is 14.9 Å². The molecule has 0 aliphatic carbocycles. The number of fused-ring (bicyclic) bond motifs is 1. The van der Waals surface area contributed by atoms with Gasteiger partial charge in [0.2, 0.25) is 11.8 Å². The molecule has 1 aromatic carbocycles. The zero-order chi connectivity index (χ0) is 20.8. The second-order valence-corrected chi connectivity index (χ2v) is 9.09. The molecule has 1 aromatic rings. The van der Waals surface area contributed by atoms with Crippen molar-refractivity contribution in [2.24, 2.45) is 0 Å². The number of benzene rings is 1. The molecule has 3 aliphatic rings. The van der Waals surface area contributed by atoms with E-state index in [1.54, 1.807) is 4.90 Å². The number of amides is 3. The van der Waals surface area contributed by atoms with Crippen LogP contribution >= 0.6 is 0 Å². The number of nitrogens with one attached hydrogen (secondary N) is 2. The molecule has 0 aromatic heterocycles. The number of hydrogen-bond donors (Lipinski definition) is 2. The summed E-state index contributed by atoms with van der Waals surface area (Å²) in [5, 5.41) is 5.54. The normalized spacial score (nSPS) is 22.9. The van der Waals surface area contributed by atoms with Crippen molar-refractivity contribution in [1.29, 1.82) is 0 Å². The Morgan fingerprint density at radius 1 is 1.28 bits per heavy atom. The second-order valence-electron chi connectivity index (χ2n) is 9.09. The highest BCUT2D eigenvalue weighted by atomic mass is 16.6. The second kappa shape index (κ2) is 6.93. The molecule has 8 heteroatoms. The van der Waals surface area contributed by atoms with Crippen molar-refractivity contribution in [2.75, 3.05) is 18.4 Å². The lowest BCUT2D eigenvalue weighted by Gasteiger charge is -2.51. The van der Waals surface area contributed by atoms with Crippen molar-refractivity contribution < 1.29 is 23.9 Å². The first-order chi connectivity index (χ1) is 13.6. The fourth-order valence-corrected chi connectivity index (χ4v) is 3.95. The predicted molar refractivity (Wildman–Crippen MR) is 106 cm³/mol. The zero-order valence-corrected chi connectivity index (χ0v) is 17.0. The molecule has 1 spiro atoms. The van der Waals surface area contributed by atoms with Gasteiger partial charge in [0, 0.05) is 18.2 Å². The Morgan fingerprint density at radius 3 is 2.72 bits per heavy atom. The Labute approximate surface area is 169 Å². The Morgan fingerprint density at radius 2 is 2.03 bits per heavy atom. The van der Waals surface area contributed by atoms with Crippen molar-refractivity contribution in [3.63, 3.8) is 0 Å². The van der Waals surface area contributed by atoms with Gasteiger partial charge >= 0.3 is 6.09 Å². The van der Waals surface area contributed by atoms with E-state index >= 15 is 0 Å². The van der Waals surface area contributed by atoms with E-state index in [1.807, 2.05) is 39.0 Å². The summed E-state index contributed by atoms with van der Waals surface area (Å²) in [4.78, 5) is 37.2. The number of likely N-dealkylation sites (tertiary alicyclic amines) is 1. The number of piperidine rings is 1. The predicted octanol–water partition coefficient (Wildman–Crippen LogP) is 2.22. The Kier molecular flexibility index (Phi) is 4.67. The van der Waals surface area contributed by atoms with Crippen LogP contribution in [0.2, 0.25) is 0 Å². The molecule has 3 aliphatic heterocycles. The van der Waals surface area contributed by atoms with Crippen LogP contribution in [0.1, 0.15) is 45.6 Å². The quantitative estimate of drug-likeness (QED) is 0.738. The van der Waals surface area contributed by atoms with Crippen LogP contribution < -0.4 is 15.4 Å². The Hall–Kier alpha value is -2.77. The molecule has 2 fully saturated rings. The third kappa shape index (κ3) is 4.16. The van der Waals surface area contributed by atoms with Gasteiger partial charge in [0.1, 0.15) is 23.0 Å². The number of anilines is 1. The van der Waals surface area contributed by atoms with Crippen molar-refractivity contribution in [3.05, 3.63) is 23.8 Å². The number of carbonyl (C=O) groups is 3. The van der Waals surface area contributed by atoms with E-state index in [0.29, 0.717) is 25.9 Å². The highest BCUT2D eigenvalue weighted by Crippen LogP contribution is 2.40. The van der Waals surface area contributed by atoms with Gasteiger partial charge in [-0.1, -0.05) is 6.07 Å². The maximum Gasteiger partial charge on any atom is 0.410 e. The lowest BCUT2D eigenvalue weighted by Crippen LogP contribution is -2.67. The highest BCUT2D eigenvalue weighted by molar-refractivity contribution is 6.01. The minimum Gasteiger partial charge on any atom is -0.483 e. The molecule has 29 heavy (non-hydrogen) atoms. The van der Waals surface area contributed by atoms with Gasteiger partial charge < -0.3 is 19.7 Å². The lowest BCUT2D eigenvalue weighted by atomic mass is 9.84. The van der Waals surface area contributed by atoms with E-state index < -0.39 is 11.6 Å². The molecular weight excluding hydrogens is 374 g/mol. The largest absolute Gasteiger partial charge is 0.483 e. The number of nitrogens with zero attached hydrogens (tertiary/aromatic N) is 1. The van der Waals surface area contributed by atoms with E-state index in [1.165, 1.54) is 0 Å². The Balaban J connectivity index is 1.40. The van der Waals surface area contributed by atoms with E-state index in [0.717, 1.165) is 29.8 Å². The van der Waals surface area contributed by atoms with Gasteiger partial charge in [-0.25, -0.2) is 4.79 Å². The van der Waals surface area contributed by atoms with Gasteiger partial charge in [0.05, 0.1) is 13.1 Å². The fourth-order valence-electron chi connectivity index (χ4n) is 3.95. The van der Waals surface area contributed by atoms with Crippen LogP contribution in [-0.4, -0.2) is 53.1 Å².